The molecule has 1 aromatic heterocycles. The van der Waals surface area contributed by atoms with E-state index in [9.17, 15) is 9.90 Å². The van der Waals surface area contributed by atoms with Gasteiger partial charge in [0.05, 0.1) is 0 Å². The van der Waals surface area contributed by atoms with Gasteiger partial charge in [-0.25, -0.2) is 4.98 Å². The number of nitrogen functional groups attached to an aromatic ring is 2. The molecule has 0 radical (unpaired) electrons. The molecule has 3 aromatic carbocycles. The maximum absolute atomic E-state index is 13.3. The fourth-order valence-corrected chi connectivity index (χ4v) is 3.76. The minimum atomic E-state index is -0.620. The summed E-state index contributed by atoms with van der Waals surface area (Å²) in [4.78, 5) is 17.4. The molecule has 1 unspecified atom stereocenters. The van der Waals surface area contributed by atoms with E-state index in [4.69, 9.17) is 11.5 Å². The lowest BCUT2D eigenvalue weighted by molar-refractivity contribution is -0.122. The largest absolute Gasteiger partial charge is 0.399 e. The predicted octanol–water partition coefficient (Wildman–Crippen LogP) is 3.40. The molecule has 1 heterocycles. The number of hydrogen-bond acceptors (Lipinski definition) is 6. The second-order valence-electron chi connectivity index (χ2n) is 7.89. The molecule has 0 aliphatic heterocycles. The zero-order valence-electron chi connectivity index (χ0n) is 18.2. The fraction of sp³-hybridized carbons (Fsp3) is 0.154. The van der Waals surface area contributed by atoms with Crippen LogP contribution in [0.3, 0.4) is 0 Å². The number of anilines is 3. The smallest absolute Gasteiger partial charge is 0.247 e. The molecule has 7 heteroatoms. The third-order valence-electron chi connectivity index (χ3n) is 5.50. The molecule has 4 rings (SSSR count). The van der Waals surface area contributed by atoms with Crippen LogP contribution in [0.1, 0.15) is 22.7 Å². The van der Waals surface area contributed by atoms with Gasteiger partial charge in [-0.1, -0.05) is 36.4 Å². The molecule has 0 saturated carbocycles. The average Bonchev–Trinajstić information content (AvgIpc) is 2.82. The van der Waals surface area contributed by atoms with Crippen LogP contribution in [0.15, 0.2) is 79.0 Å². The zero-order valence-corrected chi connectivity index (χ0v) is 18.2. The zero-order chi connectivity index (χ0) is 23.2. The summed E-state index contributed by atoms with van der Waals surface area (Å²) in [6, 6.07) is 22.1. The molecule has 1 amide bonds. The van der Waals surface area contributed by atoms with Crippen LogP contribution < -0.4 is 22.1 Å². The molecule has 0 spiro atoms. The van der Waals surface area contributed by atoms with Crippen molar-refractivity contribution >= 4 is 33.9 Å². The molecular formula is C26H27N5O2. The summed E-state index contributed by atoms with van der Waals surface area (Å²) in [5.41, 5.74) is 16.0. The van der Waals surface area contributed by atoms with Gasteiger partial charge in [0.2, 0.25) is 5.91 Å². The predicted molar refractivity (Wildman–Crippen MR) is 132 cm³/mol. The molecule has 0 bridgehead atoms. The Kier molecular flexibility index (Phi) is 6.71. The van der Waals surface area contributed by atoms with Crippen molar-refractivity contribution in [2.24, 2.45) is 0 Å². The number of benzene rings is 3. The Hall–Kier alpha value is -4.10. The highest BCUT2D eigenvalue weighted by atomic mass is 16.3. The van der Waals surface area contributed by atoms with Crippen molar-refractivity contribution in [2.45, 2.75) is 19.0 Å². The molecule has 0 aliphatic rings. The molecule has 0 saturated heterocycles. The van der Waals surface area contributed by atoms with E-state index >= 15 is 0 Å². The van der Waals surface area contributed by atoms with Crippen LogP contribution in [0.2, 0.25) is 0 Å². The monoisotopic (exact) mass is 441 g/mol. The molecule has 7 N–H and O–H groups in total. The van der Waals surface area contributed by atoms with Gasteiger partial charge in [-0.15, -0.1) is 0 Å². The molecule has 168 valence electrons. The van der Waals surface area contributed by atoms with Gasteiger partial charge in [0.15, 0.2) is 0 Å². The molecule has 7 nitrogen and oxygen atoms in total. The minimum Gasteiger partial charge on any atom is -0.399 e. The second kappa shape index (κ2) is 10.0. The van der Waals surface area contributed by atoms with E-state index in [-0.39, 0.29) is 12.5 Å². The lowest BCUT2D eigenvalue weighted by Gasteiger charge is -2.21. The lowest BCUT2D eigenvalue weighted by atomic mass is 10.0. The van der Waals surface area contributed by atoms with E-state index in [0.717, 1.165) is 33.2 Å². The van der Waals surface area contributed by atoms with Crippen molar-refractivity contribution in [3.05, 3.63) is 95.7 Å². The number of carbonyl (C=O) groups excluding carboxylic acids is 1. The summed E-state index contributed by atoms with van der Waals surface area (Å²) in [6.07, 6.45) is 2.23. The lowest BCUT2D eigenvalue weighted by Crippen LogP contribution is -2.33. The van der Waals surface area contributed by atoms with Crippen molar-refractivity contribution in [3.63, 3.8) is 0 Å². The number of nitrogens with one attached hydrogen (secondary N) is 2. The second-order valence-corrected chi connectivity index (χ2v) is 7.89. The highest BCUT2D eigenvalue weighted by molar-refractivity contribution is 5.93. The van der Waals surface area contributed by atoms with E-state index in [1.165, 1.54) is 0 Å². The van der Waals surface area contributed by atoms with Gasteiger partial charge in [0, 0.05) is 36.1 Å². The molecule has 33 heavy (non-hydrogen) atoms. The first-order valence-electron chi connectivity index (χ1n) is 10.8. The van der Waals surface area contributed by atoms with Crippen LogP contribution in [0.4, 0.5) is 17.2 Å². The number of aromatic nitrogens is 1. The topological polar surface area (TPSA) is 126 Å². The molecule has 1 atom stereocenters. The Morgan fingerprint density at radius 2 is 1.79 bits per heavy atom. The maximum atomic E-state index is 13.3. The van der Waals surface area contributed by atoms with E-state index in [2.05, 4.69) is 15.6 Å². The van der Waals surface area contributed by atoms with Gasteiger partial charge in [0.1, 0.15) is 11.9 Å². The van der Waals surface area contributed by atoms with Crippen LogP contribution >= 0.6 is 0 Å². The van der Waals surface area contributed by atoms with E-state index in [1.54, 1.807) is 6.20 Å². The quantitative estimate of drug-likeness (QED) is 0.267. The Balaban J connectivity index is 1.59. The normalized spacial score (nSPS) is 11.8. The van der Waals surface area contributed by atoms with Crippen molar-refractivity contribution < 1.29 is 9.90 Å². The molecule has 0 fully saturated rings. The van der Waals surface area contributed by atoms with Crippen LogP contribution in [0, 0.1) is 0 Å². The Morgan fingerprint density at radius 1 is 0.970 bits per heavy atom. The van der Waals surface area contributed by atoms with Crippen molar-refractivity contribution in [3.8, 4) is 0 Å². The number of pyridine rings is 1. The molecule has 4 aromatic rings. The van der Waals surface area contributed by atoms with Gasteiger partial charge < -0.3 is 27.2 Å². The SMILES string of the molecule is Nc1cccc(CNC(=O)C(Nc2ccc3c(N)nccc3c2)c2ccc(CCO)cc2)c1. The highest BCUT2D eigenvalue weighted by Crippen LogP contribution is 2.26. The fourth-order valence-electron chi connectivity index (χ4n) is 3.76. The van der Waals surface area contributed by atoms with Crippen molar-refractivity contribution in [2.75, 3.05) is 23.4 Å². The Morgan fingerprint density at radius 3 is 2.55 bits per heavy atom. The summed E-state index contributed by atoms with van der Waals surface area (Å²) < 4.78 is 0. The third-order valence-corrected chi connectivity index (χ3v) is 5.50. The van der Waals surface area contributed by atoms with Gasteiger partial charge in [0.25, 0.3) is 0 Å². The number of carbonyl (C=O) groups is 1. The molecular weight excluding hydrogens is 414 g/mol. The number of amides is 1. The Labute approximate surface area is 192 Å². The number of nitrogens with zero attached hydrogens (tertiary/aromatic N) is 1. The third kappa shape index (κ3) is 5.39. The first-order valence-corrected chi connectivity index (χ1v) is 10.8. The summed E-state index contributed by atoms with van der Waals surface area (Å²) in [5, 5.41) is 17.3. The summed E-state index contributed by atoms with van der Waals surface area (Å²) in [7, 11) is 0. The number of rotatable bonds is 8. The number of fused-ring (bicyclic) bond motifs is 1. The summed E-state index contributed by atoms with van der Waals surface area (Å²) in [6.45, 7) is 0.446. The molecule has 0 aliphatic carbocycles. The highest BCUT2D eigenvalue weighted by Gasteiger charge is 2.21. The van der Waals surface area contributed by atoms with Crippen LogP contribution in [-0.2, 0) is 17.8 Å². The van der Waals surface area contributed by atoms with Crippen molar-refractivity contribution in [1.82, 2.24) is 10.3 Å². The number of nitrogens with two attached hydrogens (primary N) is 2. The average molecular weight is 442 g/mol. The van der Waals surface area contributed by atoms with Crippen LogP contribution in [0.25, 0.3) is 10.8 Å². The van der Waals surface area contributed by atoms with Gasteiger partial charge in [-0.3, -0.25) is 4.79 Å². The first kappa shape index (κ1) is 22.1. The van der Waals surface area contributed by atoms with E-state index in [0.29, 0.717) is 24.5 Å². The Bertz CT molecular complexity index is 1260. The van der Waals surface area contributed by atoms with E-state index in [1.807, 2.05) is 72.8 Å². The van der Waals surface area contributed by atoms with Gasteiger partial charge in [-0.2, -0.15) is 0 Å². The first-order chi connectivity index (χ1) is 16.0. The van der Waals surface area contributed by atoms with Crippen molar-refractivity contribution in [1.29, 1.82) is 0 Å². The van der Waals surface area contributed by atoms with E-state index < -0.39 is 6.04 Å². The minimum absolute atomic E-state index is 0.0802. The number of aliphatic hydroxyl groups is 1. The maximum Gasteiger partial charge on any atom is 0.247 e. The summed E-state index contributed by atoms with van der Waals surface area (Å²) >= 11 is 0. The van der Waals surface area contributed by atoms with Crippen LogP contribution in [-0.4, -0.2) is 22.6 Å². The van der Waals surface area contributed by atoms with Gasteiger partial charge in [-0.05, 0) is 64.9 Å². The summed E-state index contributed by atoms with van der Waals surface area (Å²) in [5.74, 6) is 0.302. The van der Waals surface area contributed by atoms with Crippen LogP contribution in [0.5, 0.6) is 0 Å². The number of aliphatic hydroxyl groups excluding tert-OH is 1. The standard InChI is InChI=1S/C26H27N5O2/c27-21-3-1-2-18(14-21)16-30-26(33)24(19-6-4-17(5-7-19)11-13-32)31-22-8-9-23-20(15-22)10-12-29-25(23)28/h1-10,12,14-15,24,31-32H,11,13,16,27H2,(H2,28,29)(H,30,33). The van der Waals surface area contributed by atoms with Gasteiger partial charge >= 0.3 is 0 Å². The number of hydrogen-bond donors (Lipinski definition) is 5.